The maximum atomic E-state index is 12.4. The summed E-state index contributed by atoms with van der Waals surface area (Å²) in [6, 6.07) is 18.9. The molecule has 3 nitrogen and oxygen atoms in total. The summed E-state index contributed by atoms with van der Waals surface area (Å²) in [5, 5.41) is 5.04. The molecule has 0 saturated carbocycles. The third-order valence-corrected chi connectivity index (χ3v) is 3.68. The highest BCUT2D eigenvalue weighted by Gasteiger charge is 2.09. The van der Waals surface area contributed by atoms with Crippen molar-refractivity contribution in [2.75, 3.05) is 11.1 Å². The lowest BCUT2D eigenvalue weighted by atomic mass is 10.1. The molecule has 3 N–H and O–H groups in total. The number of nitrogens with two attached hydrogens (primary N) is 1. The van der Waals surface area contributed by atoms with Crippen molar-refractivity contribution < 1.29 is 4.79 Å². The van der Waals surface area contributed by atoms with Gasteiger partial charge in [-0.3, -0.25) is 4.79 Å². The van der Waals surface area contributed by atoms with Crippen molar-refractivity contribution in [3.63, 3.8) is 0 Å². The van der Waals surface area contributed by atoms with Crippen molar-refractivity contribution in [1.82, 2.24) is 0 Å². The molecule has 0 heterocycles. The van der Waals surface area contributed by atoms with Crippen molar-refractivity contribution >= 4 is 44.0 Å². The van der Waals surface area contributed by atoms with E-state index in [1.807, 2.05) is 42.5 Å². The van der Waals surface area contributed by atoms with E-state index in [0.717, 1.165) is 20.9 Å². The smallest absolute Gasteiger partial charge is 0.255 e. The summed E-state index contributed by atoms with van der Waals surface area (Å²) in [6.45, 7) is 0. The topological polar surface area (TPSA) is 55.1 Å². The Morgan fingerprint density at radius 3 is 2.57 bits per heavy atom. The second-order valence-electron chi connectivity index (χ2n) is 4.75. The molecule has 0 fully saturated rings. The number of carbonyl (C=O) groups is 1. The zero-order valence-electron chi connectivity index (χ0n) is 11.1. The number of nitrogens with one attached hydrogen (secondary N) is 1. The van der Waals surface area contributed by atoms with Crippen LogP contribution in [0.5, 0.6) is 0 Å². The molecule has 3 aromatic carbocycles. The molecule has 3 aromatic rings. The molecular formula is C17H13BrN2O. The number of hydrogen-bond donors (Lipinski definition) is 2. The number of carbonyl (C=O) groups excluding carboxylic acids is 1. The van der Waals surface area contributed by atoms with Crippen molar-refractivity contribution in [1.29, 1.82) is 0 Å². The monoisotopic (exact) mass is 340 g/mol. The Kier molecular flexibility index (Phi) is 3.62. The van der Waals surface area contributed by atoms with Crippen LogP contribution in [0.25, 0.3) is 10.8 Å². The Bertz CT molecular complexity index is 804. The van der Waals surface area contributed by atoms with E-state index in [1.165, 1.54) is 0 Å². The lowest BCUT2D eigenvalue weighted by molar-refractivity contribution is 0.102. The second-order valence-corrected chi connectivity index (χ2v) is 5.67. The minimum absolute atomic E-state index is 0.181. The maximum Gasteiger partial charge on any atom is 0.255 e. The molecule has 0 aromatic heterocycles. The number of anilines is 2. The van der Waals surface area contributed by atoms with Crippen LogP contribution < -0.4 is 11.1 Å². The third kappa shape index (κ3) is 2.90. The van der Waals surface area contributed by atoms with E-state index in [9.17, 15) is 4.79 Å². The van der Waals surface area contributed by atoms with Gasteiger partial charge in [-0.15, -0.1) is 0 Å². The average molecular weight is 341 g/mol. The van der Waals surface area contributed by atoms with Gasteiger partial charge in [0, 0.05) is 26.8 Å². The van der Waals surface area contributed by atoms with Gasteiger partial charge in [0.2, 0.25) is 0 Å². The van der Waals surface area contributed by atoms with Crippen LogP contribution in [0.4, 0.5) is 11.4 Å². The fourth-order valence-electron chi connectivity index (χ4n) is 2.27. The van der Waals surface area contributed by atoms with Crippen molar-refractivity contribution in [2.24, 2.45) is 0 Å². The number of fused-ring (bicyclic) bond motifs is 1. The van der Waals surface area contributed by atoms with Gasteiger partial charge < -0.3 is 11.1 Å². The number of halogens is 1. The van der Waals surface area contributed by atoms with Crippen molar-refractivity contribution in [3.8, 4) is 0 Å². The predicted octanol–water partition coefficient (Wildman–Crippen LogP) is 4.44. The van der Waals surface area contributed by atoms with Crippen LogP contribution in [0.3, 0.4) is 0 Å². The molecule has 0 atom stereocenters. The average Bonchev–Trinajstić information content (AvgIpc) is 2.46. The standard InChI is InChI=1S/C17H13BrN2O/c18-13-8-12(9-14(19)10-13)17(21)20-16-7-3-5-11-4-1-2-6-15(11)16/h1-10H,19H2,(H,20,21). The van der Waals surface area contributed by atoms with Crippen molar-refractivity contribution in [3.05, 3.63) is 70.7 Å². The first-order chi connectivity index (χ1) is 10.1. The van der Waals surface area contributed by atoms with Crippen LogP contribution in [0, 0.1) is 0 Å². The quantitative estimate of drug-likeness (QED) is 0.677. The Morgan fingerprint density at radius 2 is 1.76 bits per heavy atom. The third-order valence-electron chi connectivity index (χ3n) is 3.22. The molecule has 0 unspecified atom stereocenters. The summed E-state index contributed by atoms with van der Waals surface area (Å²) >= 11 is 3.35. The van der Waals surface area contributed by atoms with Crippen LogP contribution in [0.15, 0.2) is 65.1 Å². The van der Waals surface area contributed by atoms with Gasteiger partial charge in [-0.05, 0) is 29.7 Å². The SMILES string of the molecule is Nc1cc(Br)cc(C(=O)Nc2cccc3ccccc23)c1. The van der Waals surface area contributed by atoms with Crippen LogP contribution in [0.2, 0.25) is 0 Å². The molecule has 104 valence electrons. The summed E-state index contributed by atoms with van der Waals surface area (Å²) in [4.78, 5) is 12.4. The first-order valence-corrected chi connectivity index (χ1v) is 7.28. The number of rotatable bonds is 2. The summed E-state index contributed by atoms with van der Waals surface area (Å²) < 4.78 is 0.783. The molecular weight excluding hydrogens is 328 g/mol. The molecule has 0 spiro atoms. The predicted molar refractivity (Wildman–Crippen MR) is 90.5 cm³/mol. The van der Waals surface area contributed by atoms with Crippen LogP contribution in [-0.2, 0) is 0 Å². The van der Waals surface area contributed by atoms with Gasteiger partial charge in [-0.1, -0.05) is 52.3 Å². The summed E-state index contributed by atoms with van der Waals surface area (Å²) in [5.74, 6) is -0.181. The summed E-state index contributed by atoms with van der Waals surface area (Å²) in [6.07, 6.45) is 0. The number of nitrogen functional groups attached to an aromatic ring is 1. The van der Waals surface area contributed by atoms with E-state index in [2.05, 4.69) is 21.2 Å². The van der Waals surface area contributed by atoms with Crippen LogP contribution >= 0.6 is 15.9 Å². The molecule has 0 aliphatic heterocycles. The maximum absolute atomic E-state index is 12.4. The van der Waals surface area contributed by atoms with Gasteiger partial charge in [0.05, 0.1) is 0 Å². The lowest BCUT2D eigenvalue weighted by Crippen LogP contribution is -2.12. The number of hydrogen-bond acceptors (Lipinski definition) is 2. The van der Waals surface area contributed by atoms with Gasteiger partial charge in [0.25, 0.3) is 5.91 Å². The fourth-order valence-corrected chi connectivity index (χ4v) is 2.78. The van der Waals surface area contributed by atoms with E-state index in [1.54, 1.807) is 18.2 Å². The molecule has 4 heteroatoms. The van der Waals surface area contributed by atoms with Gasteiger partial charge >= 0.3 is 0 Å². The molecule has 21 heavy (non-hydrogen) atoms. The second kappa shape index (κ2) is 5.58. The van der Waals surface area contributed by atoms with Crippen molar-refractivity contribution in [2.45, 2.75) is 0 Å². The molecule has 0 radical (unpaired) electrons. The van der Waals surface area contributed by atoms with E-state index in [-0.39, 0.29) is 5.91 Å². The van der Waals surface area contributed by atoms with E-state index < -0.39 is 0 Å². The normalized spacial score (nSPS) is 10.5. The van der Waals surface area contributed by atoms with Gasteiger partial charge in [-0.25, -0.2) is 0 Å². The van der Waals surface area contributed by atoms with Crippen LogP contribution in [-0.4, -0.2) is 5.91 Å². The Hall–Kier alpha value is -2.33. The highest BCUT2D eigenvalue weighted by atomic mass is 79.9. The number of amides is 1. The molecule has 0 saturated heterocycles. The van der Waals surface area contributed by atoms with Gasteiger partial charge in [-0.2, -0.15) is 0 Å². The molecule has 0 aliphatic carbocycles. The summed E-state index contributed by atoms with van der Waals surface area (Å²) in [5.41, 5.74) is 7.63. The first-order valence-electron chi connectivity index (χ1n) is 6.49. The first kappa shape index (κ1) is 13.6. The highest BCUT2D eigenvalue weighted by molar-refractivity contribution is 9.10. The zero-order chi connectivity index (χ0) is 14.8. The summed E-state index contributed by atoms with van der Waals surface area (Å²) in [7, 11) is 0. The van der Waals surface area contributed by atoms with E-state index >= 15 is 0 Å². The zero-order valence-corrected chi connectivity index (χ0v) is 12.7. The van der Waals surface area contributed by atoms with Gasteiger partial charge in [0.15, 0.2) is 0 Å². The molecule has 1 amide bonds. The fraction of sp³-hybridized carbons (Fsp3) is 0. The van der Waals surface area contributed by atoms with Crippen LogP contribution in [0.1, 0.15) is 10.4 Å². The highest BCUT2D eigenvalue weighted by Crippen LogP contribution is 2.24. The Labute approximate surface area is 130 Å². The molecule has 0 aliphatic rings. The minimum Gasteiger partial charge on any atom is -0.399 e. The Morgan fingerprint density at radius 1 is 1.00 bits per heavy atom. The minimum atomic E-state index is -0.181. The molecule has 0 bridgehead atoms. The van der Waals surface area contributed by atoms with Gasteiger partial charge in [0.1, 0.15) is 0 Å². The molecule has 3 rings (SSSR count). The lowest BCUT2D eigenvalue weighted by Gasteiger charge is -2.09. The largest absolute Gasteiger partial charge is 0.399 e. The van der Waals surface area contributed by atoms with E-state index in [0.29, 0.717) is 11.3 Å². The number of benzene rings is 3. The Balaban J connectivity index is 1.96. The van der Waals surface area contributed by atoms with E-state index in [4.69, 9.17) is 5.73 Å².